The molecular weight excluding hydrogens is 206 g/mol. The van der Waals surface area contributed by atoms with Crippen LogP contribution >= 0.6 is 0 Å². The average molecular weight is 229 g/mol. The van der Waals surface area contributed by atoms with Gasteiger partial charge in [0.1, 0.15) is 0 Å². The van der Waals surface area contributed by atoms with Gasteiger partial charge in [0.05, 0.1) is 25.9 Å². The Balaban J connectivity index is 3.86. The molecule has 0 saturated heterocycles. The maximum atomic E-state index is 11.3. The fourth-order valence-electron chi connectivity index (χ4n) is 1.22. The third kappa shape index (κ3) is 8.44. The summed E-state index contributed by atoms with van der Waals surface area (Å²) in [6.45, 7) is 12.2. The van der Waals surface area contributed by atoms with E-state index in [-0.39, 0.29) is 12.1 Å². The molecule has 94 valence electrons. The minimum atomic E-state index is -0.200. The normalized spacial score (nSPS) is 10.8. The lowest BCUT2D eigenvalue weighted by atomic mass is 10.4. The minimum absolute atomic E-state index is 0.200. The summed E-state index contributed by atoms with van der Waals surface area (Å²) in [5.74, 6) is -0.200. The molecule has 4 nitrogen and oxygen atoms in total. The summed E-state index contributed by atoms with van der Waals surface area (Å²) in [4.78, 5) is 13.2. The van der Waals surface area contributed by atoms with Crippen LogP contribution in [0.5, 0.6) is 0 Å². The van der Waals surface area contributed by atoms with Gasteiger partial charge in [-0.15, -0.1) is 6.58 Å². The maximum Gasteiger partial charge on any atom is 0.320 e. The molecule has 0 N–H and O–H groups in total. The van der Waals surface area contributed by atoms with Crippen LogP contribution < -0.4 is 0 Å². The van der Waals surface area contributed by atoms with Gasteiger partial charge < -0.3 is 9.47 Å². The molecule has 0 saturated carbocycles. The van der Waals surface area contributed by atoms with Crippen molar-refractivity contribution in [2.24, 2.45) is 0 Å². The van der Waals surface area contributed by atoms with Gasteiger partial charge in [0.25, 0.3) is 0 Å². The number of ether oxygens (including phenoxy) is 2. The zero-order chi connectivity index (χ0) is 12.4. The summed E-state index contributed by atoms with van der Waals surface area (Å²) in [6, 6.07) is 0. The van der Waals surface area contributed by atoms with E-state index in [1.807, 2.05) is 18.7 Å². The molecule has 0 aliphatic rings. The number of carbonyl (C=O) groups excluding carboxylic acids is 1. The Morgan fingerprint density at radius 1 is 1.50 bits per heavy atom. The molecule has 0 heterocycles. The van der Waals surface area contributed by atoms with Crippen molar-refractivity contribution < 1.29 is 14.3 Å². The fraction of sp³-hybridized carbons (Fsp3) is 0.750. The van der Waals surface area contributed by atoms with Gasteiger partial charge in [-0.25, -0.2) is 0 Å². The van der Waals surface area contributed by atoms with Crippen LogP contribution in [0, 0.1) is 0 Å². The lowest BCUT2D eigenvalue weighted by Gasteiger charge is -2.20. The van der Waals surface area contributed by atoms with Gasteiger partial charge in [-0.2, -0.15) is 0 Å². The van der Waals surface area contributed by atoms with Crippen LogP contribution in [0.2, 0.25) is 0 Å². The topological polar surface area (TPSA) is 38.8 Å². The molecule has 0 fully saturated rings. The third-order valence-electron chi connectivity index (χ3n) is 1.90. The Morgan fingerprint density at radius 2 is 2.19 bits per heavy atom. The fourth-order valence-corrected chi connectivity index (χ4v) is 1.22. The zero-order valence-electron chi connectivity index (χ0n) is 10.6. The Labute approximate surface area is 98.2 Å². The Kier molecular flexibility index (Phi) is 8.85. The predicted octanol–water partition coefficient (Wildman–Crippen LogP) is 1.46. The standard InChI is InChI=1S/C12H23NO3/c1-5-7-13(8-9-16-11(3)4)10-12(14)15-6-2/h5,11H,1,6-10H2,2-4H3. The highest BCUT2D eigenvalue weighted by molar-refractivity contribution is 5.71. The quantitative estimate of drug-likeness (QED) is 0.443. The van der Waals surface area contributed by atoms with Gasteiger partial charge in [0, 0.05) is 13.1 Å². The van der Waals surface area contributed by atoms with Crippen LogP contribution in [0.15, 0.2) is 12.7 Å². The highest BCUT2D eigenvalue weighted by Gasteiger charge is 2.10. The SMILES string of the molecule is C=CCN(CCOC(C)C)CC(=O)OCC. The van der Waals surface area contributed by atoms with Gasteiger partial charge in [-0.3, -0.25) is 9.69 Å². The van der Waals surface area contributed by atoms with Crippen LogP contribution in [0.1, 0.15) is 20.8 Å². The molecule has 0 aromatic rings. The van der Waals surface area contributed by atoms with Crippen LogP contribution in [-0.4, -0.2) is 49.8 Å². The summed E-state index contributed by atoms with van der Waals surface area (Å²) < 4.78 is 10.3. The lowest BCUT2D eigenvalue weighted by molar-refractivity contribution is -0.144. The van der Waals surface area contributed by atoms with Crippen LogP contribution in [-0.2, 0) is 14.3 Å². The number of rotatable bonds is 9. The first-order valence-corrected chi connectivity index (χ1v) is 5.70. The summed E-state index contributed by atoms with van der Waals surface area (Å²) in [7, 11) is 0. The van der Waals surface area contributed by atoms with Crippen molar-refractivity contribution >= 4 is 5.97 Å². The molecular formula is C12H23NO3. The molecule has 0 radical (unpaired) electrons. The number of esters is 1. The molecule has 16 heavy (non-hydrogen) atoms. The molecule has 0 aliphatic carbocycles. The van der Waals surface area contributed by atoms with E-state index in [0.29, 0.717) is 32.8 Å². The Morgan fingerprint density at radius 3 is 2.69 bits per heavy atom. The van der Waals surface area contributed by atoms with E-state index in [0.717, 1.165) is 0 Å². The van der Waals surface area contributed by atoms with E-state index in [2.05, 4.69) is 6.58 Å². The molecule has 0 spiro atoms. The van der Waals surface area contributed by atoms with Crippen LogP contribution in [0.4, 0.5) is 0 Å². The van der Waals surface area contributed by atoms with E-state index in [4.69, 9.17) is 9.47 Å². The predicted molar refractivity (Wildman–Crippen MR) is 64.4 cm³/mol. The second-order valence-corrected chi connectivity index (χ2v) is 3.75. The second-order valence-electron chi connectivity index (χ2n) is 3.75. The summed E-state index contributed by atoms with van der Waals surface area (Å²) in [5.41, 5.74) is 0. The first-order chi connectivity index (χ1) is 7.60. The van der Waals surface area contributed by atoms with Crippen molar-refractivity contribution in [2.75, 3.05) is 32.8 Å². The molecule has 0 aromatic carbocycles. The van der Waals surface area contributed by atoms with Crippen molar-refractivity contribution in [3.05, 3.63) is 12.7 Å². The van der Waals surface area contributed by atoms with Crippen molar-refractivity contribution in [3.63, 3.8) is 0 Å². The molecule has 0 unspecified atom stereocenters. The van der Waals surface area contributed by atoms with E-state index < -0.39 is 0 Å². The van der Waals surface area contributed by atoms with E-state index in [1.54, 1.807) is 13.0 Å². The van der Waals surface area contributed by atoms with E-state index in [9.17, 15) is 4.79 Å². The third-order valence-corrected chi connectivity index (χ3v) is 1.90. The molecule has 4 heteroatoms. The van der Waals surface area contributed by atoms with Gasteiger partial charge in [-0.05, 0) is 20.8 Å². The smallest absolute Gasteiger partial charge is 0.320 e. The van der Waals surface area contributed by atoms with E-state index >= 15 is 0 Å². The monoisotopic (exact) mass is 229 g/mol. The first-order valence-electron chi connectivity index (χ1n) is 5.70. The summed E-state index contributed by atoms with van der Waals surface area (Å²) in [5, 5.41) is 0. The van der Waals surface area contributed by atoms with Crippen molar-refractivity contribution in [1.82, 2.24) is 4.90 Å². The Bertz CT molecular complexity index is 204. The summed E-state index contributed by atoms with van der Waals surface area (Å²) in [6.07, 6.45) is 1.99. The number of carbonyl (C=O) groups is 1. The number of hydrogen-bond donors (Lipinski definition) is 0. The van der Waals surface area contributed by atoms with Gasteiger partial charge in [-0.1, -0.05) is 6.08 Å². The van der Waals surface area contributed by atoms with Gasteiger partial charge in [0.2, 0.25) is 0 Å². The second kappa shape index (κ2) is 9.36. The average Bonchev–Trinajstić information content (AvgIpc) is 2.17. The number of nitrogens with zero attached hydrogens (tertiary/aromatic N) is 1. The molecule has 0 bridgehead atoms. The highest BCUT2D eigenvalue weighted by atomic mass is 16.5. The van der Waals surface area contributed by atoms with Gasteiger partial charge >= 0.3 is 5.97 Å². The minimum Gasteiger partial charge on any atom is -0.465 e. The lowest BCUT2D eigenvalue weighted by Crippen LogP contribution is -2.34. The van der Waals surface area contributed by atoms with Crippen molar-refractivity contribution in [2.45, 2.75) is 26.9 Å². The number of hydrogen-bond acceptors (Lipinski definition) is 4. The molecule has 0 rings (SSSR count). The van der Waals surface area contributed by atoms with Crippen molar-refractivity contribution in [1.29, 1.82) is 0 Å². The molecule has 0 atom stereocenters. The largest absolute Gasteiger partial charge is 0.465 e. The summed E-state index contributed by atoms with van der Waals surface area (Å²) >= 11 is 0. The zero-order valence-corrected chi connectivity index (χ0v) is 10.6. The van der Waals surface area contributed by atoms with Crippen LogP contribution in [0.3, 0.4) is 0 Å². The van der Waals surface area contributed by atoms with E-state index in [1.165, 1.54) is 0 Å². The molecule has 0 amide bonds. The first kappa shape index (κ1) is 15.1. The van der Waals surface area contributed by atoms with Gasteiger partial charge in [0.15, 0.2) is 0 Å². The van der Waals surface area contributed by atoms with Crippen molar-refractivity contribution in [3.8, 4) is 0 Å². The maximum absolute atomic E-state index is 11.3. The molecule has 0 aromatic heterocycles. The van der Waals surface area contributed by atoms with Crippen LogP contribution in [0.25, 0.3) is 0 Å². The Hall–Kier alpha value is -0.870. The highest BCUT2D eigenvalue weighted by Crippen LogP contribution is 1.94. The molecule has 0 aliphatic heterocycles.